The molecule has 6 nitrogen and oxygen atoms in total. The molecule has 0 bridgehead atoms. The van der Waals surface area contributed by atoms with Crippen molar-refractivity contribution in [1.82, 2.24) is 10.6 Å². The molecule has 22 heavy (non-hydrogen) atoms. The molecule has 2 aliphatic rings. The van der Waals surface area contributed by atoms with E-state index in [1.807, 2.05) is 39.0 Å². The fraction of sp³-hybridized carbons (Fsp3) is 0.562. The number of nitrogens with one attached hydrogen (secondary N) is 2. The quantitative estimate of drug-likeness (QED) is 0.874. The zero-order valence-corrected chi connectivity index (χ0v) is 13.1. The summed E-state index contributed by atoms with van der Waals surface area (Å²) < 4.78 is 16.1. The van der Waals surface area contributed by atoms with Gasteiger partial charge in [-0.25, -0.2) is 4.79 Å². The third-order valence-corrected chi connectivity index (χ3v) is 3.74. The lowest BCUT2D eigenvalue weighted by atomic mass is 9.94. The summed E-state index contributed by atoms with van der Waals surface area (Å²) in [5.41, 5.74) is 0.625. The second kappa shape index (κ2) is 5.68. The molecule has 2 N–H and O–H groups in total. The Morgan fingerprint density at radius 2 is 2.05 bits per heavy atom. The van der Waals surface area contributed by atoms with Gasteiger partial charge in [-0.2, -0.15) is 0 Å². The predicted octanol–water partition coefficient (Wildman–Crippen LogP) is 2.00. The van der Waals surface area contributed by atoms with Crippen molar-refractivity contribution in [3.8, 4) is 11.5 Å². The Balaban J connectivity index is 1.69. The van der Waals surface area contributed by atoms with Crippen LogP contribution in [0, 0.1) is 0 Å². The van der Waals surface area contributed by atoms with Gasteiger partial charge in [0.1, 0.15) is 5.60 Å². The maximum atomic E-state index is 12.0. The van der Waals surface area contributed by atoms with Crippen LogP contribution >= 0.6 is 0 Å². The lowest BCUT2D eigenvalue weighted by Gasteiger charge is -2.24. The molecule has 1 amide bonds. The molecule has 0 aromatic heterocycles. The largest absolute Gasteiger partial charge is 0.454 e. The van der Waals surface area contributed by atoms with Crippen molar-refractivity contribution in [3.05, 3.63) is 23.8 Å². The first kappa shape index (κ1) is 15.0. The summed E-state index contributed by atoms with van der Waals surface area (Å²) in [6.07, 6.45) is -0.382. The smallest absolute Gasteiger partial charge is 0.407 e. The molecule has 1 aromatic rings. The Morgan fingerprint density at radius 3 is 2.82 bits per heavy atom. The first-order valence-electron chi connectivity index (χ1n) is 7.52. The Labute approximate surface area is 130 Å². The van der Waals surface area contributed by atoms with Crippen LogP contribution in [-0.2, 0) is 4.74 Å². The van der Waals surface area contributed by atoms with Crippen molar-refractivity contribution in [2.75, 3.05) is 19.9 Å². The molecule has 0 radical (unpaired) electrons. The van der Waals surface area contributed by atoms with E-state index < -0.39 is 5.60 Å². The number of hydrogen-bond acceptors (Lipinski definition) is 5. The molecule has 3 rings (SSSR count). The molecule has 0 saturated carbocycles. The summed E-state index contributed by atoms with van der Waals surface area (Å²) in [7, 11) is 0. The average Bonchev–Trinajstić information content (AvgIpc) is 3.03. The predicted molar refractivity (Wildman–Crippen MR) is 81.3 cm³/mol. The van der Waals surface area contributed by atoms with Gasteiger partial charge < -0.3 is 24.8 Å². The van der Waals surface area contributed by atoms with Crippen molar-refractivity contribution >= 4 is 6.09 Å². The van der Waals surface area contributed by atoms with E-state index in [4.69, 9.17) is 14.2 Å². The van der Waals surface area contributed by atoms with Crippen LogP contribution in [0.5, 0.6) is 11.5 Å². The van der Waals surface area contributed by atoms with Gasteiger partial charge in [-0.05, 0) is 38.5 Å². The van der Waals surface area contributed by atoms with Crippen LogP contribution in [-0.4, -0.2) is 37.6 Å². The average molecular weight is 306 g/mol. The minimum atomic E-state index is -0.496. The van der Waals surface area contributed by atoms with Crippen LogP contribution in [0.3, 0.4) is 0 Å². The maximum Gasteiger partial charge on any atom is 0.407 e. The van der Waals surface area contributed by atoms with Gasteiger partial charge in [-0.15, -0.1) is 0 Å². The van der Waals surface area contributed by atoms with Crippen LogP contribution < -0.4 is 20.1 Å². The fourth-order valence-corrected chi connectivity index (χ4v) is 2.78. The van der Waals surface area contributed by atoms with E-state index in [1.165, 1.54) is 0 Å². The van der Waals surface area contributed by atoms with Crippen LogP contribution in [0.2, 0.25) is 0 Å². The molecule has 0 unspecified atom stereocenters. The Hall–Kier alpha value is -1.95. The fourth-order valence-electron chi connectivity index (χ4n) is 2.78. The monoisotopic (exact) mass is 306 g/mol. The van der Waals surface area contributed by atoms with E-state index in [0.717, 1.165) is 30.2 Å². The van der Waals surface area contributed by atoms with E-state index >= 15 is 0 Å². The van der Waals surface area contributed by atoms with Crippen molar-refractivity contribution in [2.45, 2.75) is 38.3 Å². The number of amides is 1. The molecule has 1 saturated heterocycles. The Morgan fingerprint density at radius 1 is 1.27 bits per heavy atom. The second-order valence-corrected chi connectivity index (χ2v) is 6.63. The summed E-state index contributed by atoms with van der Waals surface area (Å²) in [4.78, 5) is 12.0. The van der Waals surface area contributed by atoms with Crippen molar-refractivity contribution in [2.24, 2.45) is 0 Å². The van der Waals surface area contributed by atoms with E-state index in [9.17, 15) is 4.79 Å². The molecule has 120 valence electrons. The first-order chi connectivity index (χ1) is 10.4. The van der Waals surface area contributed by atoms with Crippen LogP contribution in [0.1, 0.15) is 32.3 Å². The number of ether oxygens (including phenoxy) is 3. The number of carbonyl (C=O) groups excluding carboxylic acids is 1. The van der Waals surface area contributed by atoms with Gasteiger partial charge in [0.25, 0.3) is 0 Å². The van der Waals surface area contributed by atoms with Gasteiger partial charge in [-0.1, -0.05) is 6.07 Å². The number of fused-ring (bicyclic) bond motifs is 1. The van der Waals surface area contributed by atoms with Crippen LogP contribution in [0.4, 0.5) is 4.79 Å². The second-order valence-electron chi connectivity index (χ2n) is 6.63. The third-order valence-electron chi connectivity index (χ3n) is 3.74. The molecule has 2 atom stereocenters. The summed E-state index contributed by atoms with van der Waals surface area (Å²) in [6, 6.07) is 5.93. The van der Waals surface area contributed by atoms with E-state index in [0.29, 0.717) is 0 Å². The lowest BCUT2D eigenvalue weighted by molar-refractivity contribution is 0.0504. The van der Waals surface area contributed by atoms with Gasteiger partial charge in [0, 0.05) is 19.0 Å². The summed E-state index contributed by atoms with van der Waals surface area (Å²) in [5, 5.41) is 6.27. The highest BCUT2D eigenvalue weighted by atomic mass is 16.7. The minimum absolute atomic E-state index is 0.00442. The lowest BCUT2D eigenvalue weighted by Crippen LogP contribution is -2.42. The van der Waals surface area contributed by atoms with E-state index in [-0.39, 0.29) is 24.8 Å². The normalized spacial score (nSPS) is 23.4. The van der Waals surface area contributed by atoms with Gasteiger partial charge in [0.15, 0.2) is 11.5 Å². The Kier molecular flexibility index (Phi) is 3.87. The Bertz CT molecular complexity index is 568. The highest BCUT2D eigenvalue weighted by Crippen LogP contribution is 2.36. The minimum Gasteiger partial charge on any atom is -0.454 e. The molecule has 0 aliphatic carbocycles. The topological polar surface area (TPSA) is 68.8 Å². The van der Waals surface area contributed by atoms with Gasteiger partial charge in [0.2, 0.25) is 6.79 Å². The number of benzene rings is 1. The first-order valence-corrected chi connectivity index (χ1v) is 7.52. The zero-order valence-electron chi connectivity index (χ0n) is 13.1. The molecular formula is C16H22N2O4. The van der Waals surface area contributed by atoms with Gasteiger partial charge in [-0.3, -0.25) is 0 Å². The molecular weight excluding hydrogens is 284 g/mol. The highest BCUT2D eigenvalue weighted by molar-refractivity contribution is 5.68. The van der Waals surface area contributed by atoms with Crippen molar-refractivity contribution < 1.29 is 19.0 Å². The highest BCUT2D eigenvalue weighted by Gasteiger charge is 2.32. The zero-order chi connectivity index (χ0) is 15.7. The standard InChI is InChI=1S/C16H22N2O4/c1-16(2,3)22-15(19)18-12-8-17-7-11(12)10-4-5-13-14(6-10)21-9-20-13/h4-6,11-12,17H,7-9H2,1-3H3,(H,18,19)/t11-,12-/m1/s1. The molecule has 2 aliphatic heterocycles. The summed E-state index contributed by atoms with van der Waals surface area (Å²) in [5.74, 6) is 1.72. The molecule has 1 fully saturated rings. The SMILES string of the molecule is CC(C)(C)OC(=O)N[C@@H]1CNC[C@@H]1c1ccc2c(c1)OCO2. The number of alkyl carbamates (subject to hydrolysis) is 1. The maximum absolute atomic E-state index is 12.0. The van der Waals surface area contributed by atoms with Crippen molar-refractivity contribution in [1.29, 1.82) is 0 Å². The summed E-state index contributed by atoms with van der Waals surface area (Å²) in [6.45, 7) is 7.36. The molecule has 2 heterocycles. The van der Waals surface area contributed by atoms with Crippen LogP contribution in [0.15, 0.2) is 18.2 Å². The third kappa shape index (κ3) is 3.27. The number of carbonyl (C=O) groups is 1. The number of rotatable bonds is 2. The van der Waals surface area contributed by atoms with Crippen LogP contribution in [0.25, 0.3) is 0 Å². The van der Waals surface area contributed by atoms with Gasteiger partial charge >= 0.3 is 6.09 Å². The number of hydrogen-bond donors (Lipinski definition) is 2. The van der Waals surface area contributed by atoms with E-state index in [2.05, 4.69) is 10.6 Å². The van der Waals surface area contributed by atoms with Gasteiger partial charge in [0.05, 0.1) is 6.04 Å². The molecule has 6 heteroatoms. The summed E-state index contributed by atoms with van der Waals surface area (Å²) >= 11 is 0. The van der Waals surface area contributed by atoms with E-state index in [1.54, 1.807) is 0 Å². The molecule has 0 spiro atoms. The van der Waals surface area contributed by atoms with Crippen molar-refractivity contribution in [3.63, 3.8) is 0 Å². The molecule has 1 aromatic carbocycles.